The Morgan fingerprint density at radius 1 is 1.33 bits per heavy atom. The van der Waals surface area contributed by atoms with Crippen molar-refractivity contribution in [1.82, 2.24) is 9.80 Å². The second-order valence-electron chi connectivity index (χ2n) is 4.76. The summed E-state index contributed by atoms with van der Waals surface area (Å²) in [4.78, 5) is 16.2. The number of nitrogens with zero attached hydrogens (tertiary/aromatic N) is 2. The lowest BCUT2D eigenvalue weighted by atomic mass is 9.99. The van der Waals surface area contributed by atoms with Crippen molar-refractivity contribution in [1.29, 1.82) is 0 Å². The summed E-state index contributed by atoms with van der Waals surface area (Å²) in [5, 5.41) is 0. The van der Waals surface area contributed by atoms with Crippen LogP contribution < -0.4 is 5.73 Å². The topological polar surface area (TPSA) is 49.6 Å². The second kappa shape index (κ2) is 4.49. The Bertz CT molecular complexity index is 242. The van der Waals surface area contributed by atoms with E-state index in [9.17, 15) is 4.79 Å². The molecule has 0 aromatic carbocycles. The van der Waals surface area contributed by atoms with E-state index < -0.39 is 0 Å². The first kappa shape index (κ1) is 10.9. The lowest BCUT2D eigenvalue weighted by Crippen LogP contribution is -2.58. The molecule has 2 atom stereocenters. The normalized spacial score (nSPS) is 29.7. The van der Waals surface area contributed by atoms with Crippen LogP contribution in [0.15, 0.2) is 0 Å². The standard InChI is InChI=1S/C11H21N3O/c1-9(12)11(15)14-7-6-13-5-3-2-4-10(13)8-14/h9-10H,2-8,12H2,1H3. The van der Waals surface area contributed by atoms with Gasteiger partial charge in [0, 0.05) is 25.7 Å². The first-order chi connectivity index (χ1) is 7.18. The Hall–Kier alpha value is -0.610. The van der Waals surface area contributed by atoms with Gasteiger partial charge in [-0.05, 0) is 26.3 Å². The van der Waals surface area contributed by atoms with Crippen LogP contribution in [0.2, 0.25) is 0 Å². The van der Waals surface area contributed by atoms with Gasteiger partial charge in [-0.15, -0.1) is 0 Å². The number of hydrogen-bond donors (Lipinski definition) is 1. The van der Waals surface area contributed by atoms with Gasteiger partial charge in [-0.2, -0.15) is 0 Å². The maximum absolute atomic E-state index is 11.8. The van der Waals surface area contributed by atoms with E-state index in [1.807, 2.05) is 4.90 Å². The highest BCUT2D eigenvalue weighted by Crippen LogP contribution is 2.21. The van der Waals surface area contributed by atoms with E-state index in [4.69, 9.17) is 5.73 Å². The van der Waals surface area contributed by atoms with Gasteiger partial charge in [0.2, 0.25) is 5.91 Å². The summed E-state index contributed by atoms with van der Waals surface area (Å²) in [5.41, 5.74) is 5.63. The average molecular weight is 211 g/mol. The number of carbonyl (C=O) groups excluding carboxylic acids is 1. The Morgan fingerprint density at radius 3 is 2.87 bits per heavy atom. The molecular weight excluding hydrogens is 190 g/mol. The molecule has 2 heterocycles. The molecular formula is C11H21N3O. The van der Waals surface area contributed by atoms with Crippen LogP contribution in [-0.4, -0.2) is 54.0 Å². The number of rotatable bonds is 1. The van der Waals surface area contributed by atoms with Crippen LogP contribution in [0.3, 0.4) is 0 Å². The summed E-state index contributed by atoms with van der Waals surface area (Å²) in [7, 11) is 0. The Morgan fingerprint density at radius 2 is 2.13 bits per heavy atom. The van der Waals surface area contributed by atoms with Gasteiger partial charge in [0.05, 0.1) is 6.04 Å². The van der Waals surface area contributed by atoms with E-state index in [2.05, 4.69) is 4.90 Å². The average Bonchev–Trinajstić information content (AvgIpc) is 2.27. The number of piperazine rings is 1. The smallest absolute Gasteiger partial charge is 0.239 e. The van der Waals surface area contributed by atoms with Crippen LogP contribution in [0.4, 0.5) is 0 Å². The van der Waals surface area contributed by atoms with E-state index in [0.717, 1.165) is 19.6 Å². The van der Waals surface area contributed by atoms with E-state index in [0.29, 0.717) is 6.04 Å². The van der Waals surface area contributed by atoms with Crippen molar-refractivity contribution >= 4 is 5.91 Å². The molecule has 0 aromatic heterocycles. The fourth-order valence-corrected chi connectivity index (χ4v) is 2.64. The van der Waals surface area contributed by atoms with Gasteiger partial charge >= 0.3 is 0 Å². The molecule has 2 aliphatic rings. The predicted octanol–water partition coefficient (Wildman–Crippen LogP) is 0.0303. The Balaban J connectivity index is 1.93. The molecule has 2 saturated heterocycles. The summed E-state index contributed by atoms with van der Waals surface area (Å²) >= 11 is 0. The monoisotopic (exact) mass is 211 g/mol. The zero-order chi connectivity index (χ0) is 10.8. The molecule has 4 nitrogen and oxygen atoms in total. The highest BCUT2D eigenvalue weighted by molar-refractivity contribution is 5.81. The van der Waals surface area contributed by atoms with Crippen molar-refractivity contribution in [2.75, 3.05) is 26.2 Å². The minimum absolute atomic E-state index is 0.111. The minimum Gasteiger partial charge on any atom is -0.339 e. The number of nitrogens with two attached hydrogens (primary N) is 1. The van der Waals surface area contributed by atoms with Crippen molar-refractivity contribution in [3.05, 3.63) is 0 Å². The lowest BCUT2D eigenvalue weighted by molar-refractivity contribution is -0.135. The Kier molecular flexibility index (Phi) is 3.26. The molecule has 0 aromatic rings. The van der Waals surface area contributed by atoms with Crippen LogP contribution in [0.1, 0.15) is 26.2 Å². The fraction of sp³-hybridized carbons (Fsp3) is 0.909. The second-order valence-corrected chi connectivity index (χ2v) is 4.76. The third kappa shape index (κ3) is 2.32. The van der Waals surface area contributed by atoms with Gasteiger partial charge in [-0.3, -0.25) is 9.69 Å². The molecule has 4 heteroatoms. The van der Waals surface area contributed by atoms with Crippen molar-refractivity contribution in [3.63, 3.8) is 0 Å². The third-order valence-corrected chi connectivity index (χ3v) is 3.54. The Labute approximate surface area is 91.4 Å². The van der Waals surface area contributed by atoms with E-state index >= 15 is 0 Å². The first-order valence-electron chi connectivity index (χ1n) is 5.97. The van der Waals surface area contributed by atoms with Crippen molar-refractivity contribution < 1.29 is 4.79 Å². The van der Waals surface area contributed by atoms with Gasteiger partial charge < -0.3 is 10.6 Å². The predicted molar refractivity (Wildman–Crippen MR) is 59.4 cm³/mol. The molecule has 0 saturated carbocycles. The zero-order valence-electron chi connectivity index (χ0n) is 9.48. The van der Waals surface area contributed by atoms with Gasteiger partial charge in [0.15, 0.2) is 0 Å². The quantitative estimate of drug-likeness (QED) is 0.666. The summed E-state index contributed by atoms with van der Waals surface area (Å²) in [6.45, 7) is 5.76. The summed E-state index contributed by atoms with van der Waals surface area (Å²) < 4.78 is 0. The SMILES string of the molecule is CC(N)C(=O)N1CCN2CCCCC2C1. The lowest BCUT2D eigenvalue weighted by Gasteiger charge is -2.44. The molecule has 0 aliphatic carbocycles. The molecule has 1 amide bonds. The van der Waals surface area contributed by atoms with Crippen LogP contribution in [-0.2, 0) is 4.79 Å². The van der Waals surface area contributed by atoms with Gasteiger partial charge in [-0.1, -0.05) is 6.42 Å². The molecule has 2 unspecified atom stereocenters. The van der Waals surface area contributed by atoms with Gasteiger partial charge in [-0.25, -0.2) is 0 Å². The number of piperidine rings is 1. The maximum atomic E-state index is 11.8. The highest BCUT2D eigenvalue weighted by Gasteiger charge is 2.31. The minimum atomic E-state index is -0.347. The van der Waals surface area contributed by atoms with Crippen molar-refractivity contribution in [2.24, 2.45) is 5.73 Å². The molecule has 0 spiro atoms. The maximum Gasteiger partial charge on any atom is 0.239 e. The molecule has 2 rings (SSSR count). The molecule has 86 valence electrons. The fourth-order valence-electron chi connectivity index (χ4n) is 2.64. The van der Waals surface area contributed by atoms with Gasteiger partial charge in [0.25, 0.3) is 0 Å². The molecule has 2 fully saturated rings. The highest BCUT2D eigenvalue weighted by atomic mass is 16.2. The number of carbonyl (C=O) groups is 1. The van der Waals surface area contributed by atoms with E-state index in [-0.39, 0.29) is 11.9 Å². The number of amides is 1. The first-order valence-corrected chi connectivity index (χ1v) is 5.97. The molecule has 15 heavy (non-hydrogen) atoms. The molecule has 2 N–H and O–H groups in total. The van der Waals surface area contributed by atoms with Crippen LogP contribution in [0, 0.1) is 0 Å². The number of hydrogen-bond acceptors (Lipinski definition) is 3. The van der Waals surface area contributed by atoms with Crippen molar-refractivity contribution in [2.45, 2.75) is 38.3 Å². The largest absolute Gasteiger partial charge is 0.339 e. The molecule has 0 radical (unpaired) electrons. The molecule has 0 bridgehead atoms. The van der Waals surface area contributed by atoms with E-state index in [1.165, 1.54) is 25.8 Å². The zero-order valence-corrected chi connectivity index (χ0v) is 9.48. The summed E-state index contributed by atoms with van der Waals surface area (Å²) in [6.07, 6.45) is 3.86. The van der Waals surface area contributed by atoms with Crippen LogP contribution >= 0.6 is 0 Å². The molecule has 2 aliphatic heterocycles. The summed E-state index contributed by atoms with van der Waals surface area (Å²) in [6, 6.07) is 0.246. The number of fused-ring (bicyclic) bond motifs is 1. The van der Waals surface area contributed by atoms with E-state index in [1.54, 1.807) is 6.92 Å². The van der Waals surface area contributed by atoms with Crippen LogP contribution in [0.5, 0.6) is 0 Å². The third-order valence-electron chi connectivity index (χ3n) is 3.54. The van der Waals surface area contributed by atoms with Gasteiger partial charge in [0.1, 0.15) is 0 Å². The van der Waals surface area contributed by atoms with Crippen LogP contribution in [0.25, 0.3) is 0 Å². The van der Waals surface area contributed by atoms with Crippen molar-refractivity contribution in [3.8, 4) is 0 Å². The summed E-state index contributed by atoms with van der Waals surface area (Å²) in [5.74, 6) is 0.111.